The lowest BCUT2D eigenvalue weighted by Crippen LogP contribution is -1.93. The standard InChI is InChI=1S/C15H14N2O2/c1-2-18-13-6-8-14(9-7-13)19-15-5-3-4-12(17-15)10-11-16/h3-9H,2,10H2,1H3. The molecule has 1 heterocycles. The lowest BCUT2D eigenvalue weighted by molar-refractivity contribution is 0.339. The van der Waals surface area contributed by atoms with E-state index in [0.717, 1.165) is 5.75 Å². The molecule has 0 N–H and O–H groups in total. The normalized spacial score (nSPS) is 9.68. The Morgan fingerprint density at radius 3 is 2.53 bits per heavy atom. The molecule has 0 amide bonds. The SMILES string of the molecule is CCOc1ccc(Oc2cccc(CC#N)n2)cc1. The van der Waals surface area contributed by atoms with E-state index in [0.29, 0.717) is 23.9 Å². The highest BCUT2D eigenvalue weighted by Crippen LogP contribution is 2.22. The van der Waals surface area contributed by atoms with Gasteiger partial charge in [-0.05, 0) is 37.3 Å². The summed E-state index contributed by atoms with van der Waals surface area (Å²) in [5.74, 6) is 1.98. The van der Waals surface area contributed by atoms with Crippen LogP contribution in [0, 0.1) is 11.3 Å². The summed E-state index contributed by atoms with van der Waals surface area (Å²) in [4.78, 5) is 4.24. The molecule has 96 valence electrons. The summed E-state index contributed by atoms with van der Waals surface area (Å²) >= 11 is 0. The molecule has 0 radical (unpaired) electrons. The average molecular weight is 254 g/mol. The second-order valence-electron chi connectivity index (χ2n) is 3.81. The van der Waals surface area contributed by atoms with E-state index < -0.39 is 0 Å². The minimum absolute atomic E-state index is 0.278. The summed E-state index contributed by atoms with van der Waals surface area (Å²) in [6, 6.07) is 14.8. The van der Waals surface area contributed by atoms with Gasteiger partial charge in [-0.3, -0.25) is 0 Å². The predicted octanol–water partition coefficient (Wildman–Crippen LogP) is 3.34. The summed E-state index contributed by atoms with van der Waals surface area (Å²) in [7, 11) is 0. The molecule has 1 aromatic carbocycles. The molecule has 4 heteroatoms. The van der Waals surface area contributed by atoms with Gasteiger partial charge < -0.3 is 9.47 Å². The molecule has 0 aliphatic rings. The van der Waals surface area contributed by atoms with E-state index in [9.17, 15) is 0 Å². The van der Waals surface area contributed by atoms with Gasteiger partial charge >= 0.3 is 0 Å². The van der Waals surface area contributed by atoms with Gasteiger partial charge in [0, 0.05) is 6.07 Å². The molecule has 0 fully saturated rings. The molecule has 0 spiro atoms. The van der Waals surface area contributed by atoms with E-state index in [-0.39, 0.29) is 6.42 Å². The summed E-state index contributed by atoms with van der Waals surface area (Å²) in [6.07, 6.45) is 0.278. The third-order valence-corrected chi connectivity index (χ3v) is 2.40. The first-order valence-electron chi connectivity index (χ1n) is 6.05. The van der Waals surface area contributed by atoms with Crippen molar-refractivity contribution in [3.63, 3.8) is 0 Å². The number of nitriles is 1. The van der Waals surface area contributed by atoms with Gasteiger partial charge in [-0.2, -0.15) is 5.26 Å². The summed E-state index contributed by atoms with van der Waals surface area (Å²) in [5, 5.41) is 8.64. The highest BCUT2D eigenvalue weighted by Gasteiger charge is 2.01. The lowest BCUT2D eigenvalue weighted by Gasteiger charge is -2.07. The average Bonchev–Trinajstić information content (AvgIpc) is 2.42. The molecule has 0 saturated heterocycles. The quantitative estimate of drug-likeness (QED) is 0.821. The van der Waals surface area contributed by atoms with Gasteiger partial charge in [0.1, 0.15) is 11.5 Å². The fourth-order valence-corrected chi connectivity index (χ4v) is 1.59. The van der Waals surface area contributed by atoms with E-state index in [2.05, 4.69) is 11.1 Å². The maximum atomic E-state index is 8.64. The third-order valence-electron chi connectivity index (χ3n) is 2.40. The van der Waals surface area contributed by atoms with Gasteiger partial charge in [0.15, 0.2) is 0 Å². The van der Waals surface area contributed by atoms with Crippen LogP contribution in [0.5, 0.6) is 17.4 Å². The van der Waals surface area contributed by atoms with Crippen LogP contribution in [0.4, 0.5) is 0 Å². The molecule has 1 aromatic heterocycles. The molecule has 2 rings (SSSR count). The number of aromatic nitrogens is 1. The van der Waals surface area contributed by atoms with Crippen LogP contribution in [0.1, 0.15) is 12.6 Å². The van der Waals surface area contributed by atoms with E-state index >= 15 is 0 Å². The summed E-state index contributed by atoms with van der Waals surface area (Å²) in [5.41, 5.74) is 0.700. The maximum absolute atomic E-state index is 8.64. The van der Waals surface area contributed by atoms with Gasteiger partial charge in [0.25, 0.3) is 0 Å². The molecular weight excluding hydrogens is 240 g/mol. The van der Waals surface area contributed by atoms with Gasteiger partial charge in [-0.15, -0.1) is 0 Å². The van der Waals surface area contributed by atoms with Crippen molar-refractivity contribution in [1.29, 1.82) is 5.26 Å². The Bertz CT molecular complexity index is 573. The number of benzene rings is 1. The molecule has 2 aromatic rings. The molecule has 0 aliphatic heterocycles. The Hall–Kier alpha value is -2.54. The molecular formula is C15H14N2O2. The lowest BCUT2D eigenvalue weighted by atomic mass is 10.3. The second kappa shape index (κ2) is 6.41. The maximum Gasteiger partial charge on any atom is 0.219 e. The van der Waals surface area contributed by atoms with Gasteiger partial charge in [0.05, 0.1) is 24.8 Å². The first-order chi connectivity index (χ1) is 9.31. The van der Waals surface area contributed by atoms with E-state index in [1.165, 1.54) is 0 Å². The first kappa shape index (κ1) is 12.9. The van der Waals surface area contributed by atoms with Crippen molar-refractivity contribution < 1.29 is 9.47 Å². The second-order valence-corrected chi connectivity index (χ2v) is 3.81. The molecule has 0 aliphatic carbocycles. The molecule has 0 unspecified atom stereocenters. The van der Waals surface area contributed by atoms with Crippen LogP contribution < -0.4 is 9.47 Å². The Morgan fingerprint density at radius 1 is 1.11 bits per heavy atom. The van der Waals surface area contributed by atoms with Crippen LogP contribution in [0.25, 0.3) is 0 Å². The first-order valence-corrected chi connectivity index (χ1v) is 6.05. The Balaban J connectivity index is 2.08. The number of hydrogen-bond donors (Lipinski definition) is 0. The number of pyridine rings is 1. The fourth-order valence-electron chi connectivity index (χ4n) is 1.59. The van der Waals surface area contributed by atoms with Crippen molar-refractivity contribution in [1.82, 2.24) is 4.98 Å². The molecule has 0 atom stereocenters. The fraction of sp³-hybridized carbons (Fsp3) is 0.200. The monoisotopic (exact) mass is 254 g/mol. The predicted molar refractivity (Wildman–Crippen MR) is 71.2 cm³/mol. The molecule has 0 bridgehead atoms. The number of hydrogen-bond acceptors (Lipinski definition) is 4. The Morgan fingerprint density at radius 2 is 1.84 bits per heavy atom. The number of nitrogens with zero attached hydrogens (tertiary/aromatic N) is 2. The van der Waals surface area contributed by atoms with Gasteiger partial charge in [-0.1, -0.05) is 6.07 Å². The zero-order valence-corrected chi connectivity index (χ0v) is 10.7. The minimum Gasteiger partial charge on any atom is -0.494 e. The Kier molecular flexibility index (Phi) is 4.35. The van der Waals surface area contributed by atoms with Crippen molar-refractivity contribution in [3.05, 3.63) is 48.2 Å². The van der Waals surface area contributed by atoms with Gasteiger partial charge in [0.2, 0.25) is 5.88 Å². The molecule has 4 nitrogen and oxygen atoms in total. The zero-order valence-electron chi connectivity index (χ0n) is 10.7. The highest BCUT2D eigenvalue weighted by atomic mass is 16.5. The zero-order chi connectivity index (χ0) is 13.5. The van der Waals surface area contributed by atoms with Crippen LogP contribution in [-0.2, 0) is 6.42 Å². The van der Waals surface area contributed by atoms with Gasteiger partial charge in [-0.25, -0.2) is 4.98 Å². The number of ether oxygens (including phenoxy) is 2. The molecule has 0 saturated carbocycles. The topological polar surface area (TPSA) is 55.1 Å². The van der Waals surface area contributed by atoms with Crippen LogP contribution in [-0.4, -0.2) is 11.6 Å². The number of rotatable bonds is 5. The van der Waals surface area contributed by atoms with Crippen LogP contribution >= 0.6 is 0 Å². The van der Waals surface area contributed by atoms with Crippen LogP contribution in [0.15, 0.2) is 42.5 Å². The van der Waals surface area contributed by atoms with Crippen molar-refractivity contribution in [2.45, 2.75) is 13.3 Å². The van der Waals surface area contributed by atoms with Crippen molar-refractivity contribution >= 4 is 0 Å². The third kappa shape index (κ3) is 3.71. The molecule has 19 heavy (non-hydrogen) atoms. The minimum atomic E-state index is 0.278. The van der Waals surface area contributed by atoms with Crippen LogP contribution in [0.3, 0.4) is 0 Å². The van der Waals surface area contributed by atoms with Crippen LogP contribution in [0.2, 0.25) is 0 Å². The Labute approximate surface area is 112 Å². The van der Waals surface area contributed by atoms with E-state index in [1.54, 1.807) is 12.1 Å². The smallest absolute Gasteiger partial charge is 0.219 e. The van der Waals surface area contributed by atoms with Crippen molar-refractivity contribution in [2.24, 2.45) is 0 Å². The highest BCUT2D eigenvalue weighted by molar-refractivity contribution is 5.33. The van der Waals surface area contributed by atoms with Crippen molar-refractivity contribution in [2.75, 3.05) is 6.61 Å². The van der Waals surface area contributed by atoms with Crippen molar-refractivity contribution in [3.8, 4) is 23.4 Å². The largest absolute Gasteiger partial charge is 0.494 e. The summed E-state index contributed by atoms with van der Waals surface area (Å²) < 4.78 is 11.0. The van der Waals surface area contributed by atoms with E-state index in [1.807, 2.05) is 37.3 Å². The van der Waals surface area contributed by atoms with E-state index in [4.69, 9.17) is 14.7 Å². The summed E-state index contributed by atoms with van der Waals surface area (Å²) in [6.45, 7) is 2.58.